The molecule has 2 heterocycles. The molecule has 194 valence electrons. The van der Waals surface area contributed by atoms with E-state index in [9.17, 15) is 14.7 Å². The largest absolute Gasteiger partial charge is 0.495 e. The fraction of sp³-hybridized carbons (Fsp3) is 0.481. The molecule has 3 amide bonds. The molecule has 0 bridgehead atoms. The van der Waals surface area contributed by atoms with Crippen LogP contribution >= 0.6 is 0 Å². The van der Waals surface area contributed by atoms with E-state index >= 15 is 0 Å². The summed E-state index contributed by atoms with van der Waals surface area (Å²) in [5.41, 5.74) is 1.73. The van der Waals surface area contributed by atoms with Gasteiger partial charge in [0.1, 0.15) is 11.9 Å². The number of nitrogens with zero attached hydrogens (tertiary/aromatic N) is 1. The number of ether oxygens (including phenoxy) is 3. The van der Waals surface area contributed by atoms with Crippen LogP contribution in [0.2, 0.25) is 0 Å². The van der Waals surface area contributed by atoms with Gasteiger partial charge in [0.25, 0.3) is 0 Å². The number of aliphatic hydroxyl groups excluding tert-OH is 1. The van der Waals surface area contributed by atoms with E-state index in [0.29, 0.717) is 30.8 Å². The molecule has 0 radical (unpaired) electrons. The van der Waals surface area contributed by atoms with Crippen LogP contribution in [0.5, 0.6) is 5.75 Å². The molecule has 36 heavy (non-hydrogen) atoms. The minimum Gasteiger partial charge on any atom is -0.495 e. The molecule has 9 nitrogen and oxygen atoms in total. The van der Waals surface area contributed by atoms with Crippen molar-refractivity contribution in [1.29, 1.82) is 0 Å². The molecule has 2 aromatic carbocycles. The third-order valence-electron chi connectivity index (χ3n) is 6.58. The number of hydrogen-bond acceptors (Lipinski definition) is 6. The lowest BCUT2D eigenvalue weighted by molar-refractivity contribution is -0.149. The minimum absolute atomic E-state index is 0.0534. The van der Waals surface area contributed by atoms with Gasteiger partial charge in [0.15, 0.2) is 0 Å². The van der Waals surface area contributed by atoms with E-state index in [1.54, 1.807) is 24.1 Å². The number of anilines is 1. The topological polar surface area (TPSA) is 109 Å². The van der Waals surface area contributed by atoms with Crippen molar-refractivity contribution in [2.24, 2.45) is 0 Å². The third kappa shape index (κ3) is 6.96. The minimum atomic E-state index is -0.803. The predicted octanol–water partition coefficient (Wildman–Crippen LogP) is 2.59. The maximum Gasteiger partial charge on any atom is 0.322 e. The normalized spacial score (nSPS) is 24.1. The van der Waals surface area contributed by atoms with Crippen LogP contribution in [0, 0.1) is 0 Å². The zero-order valence-corrected chi connectivity index (χ0v) is 20.6. The van der Waals surface area contributed by atoms with Crippen molar-refractivity contribution in [3.8, 4) is 5.75 Å². The number of amides is 3. The molecule has 2 aliphatic heterocycles. The number of aliphatic hydroxyl groups is 1. The second kappa shape index (κ2) is 12.7. The molecule has 0 aliphatic carbocycles. The van der Waals surface area contributed by atoms with Crippen molar-refractivity contribution in [2.45, 2.75) is 50.0 Å². The zero-order chi connectivity index (χ0) is 25.3. The number of fused-ring (bicyclic) bond motifs is 1. The van der Waals surface area contributed by atoms with Gasteiger partial charge in [-0.2, -0.15) is 0 Å². The fourth-order valence-corrected chi connectivity index (χ4v) is 4.78. The van der Waals surface area contributed by atoms with Gasteiger partial charge in [0.2, 0.25) is 5.91 Å². The molecular formula is C27H35N3O6. The van der Waals surface area contributed by atoms with Gasteiger partial charge >= 0.3 is 6.03 Å². The van der Waals surface area contributed by atoms with E-state index in [2.05, 4.69) is 10.6 Å². The van der Waals surface area contributed by atoms with Crippen LogP contribution in [-0.4, -0.2) is 79.7 Å². The lowest BCUT2D eigenvalue weighted by Gasteiger charge is -2.44. The van der Waals surface area contributed by atoms with Crippen molar-refractivity contribution in [1.82, 2.24) is 10.2 Å². The van der Waals surface area contributed by atoms with Crippen molar-refractivity contribution in [3.05, 3.63) is 60.2 Å². The molecule has 0 aromatic heterocycles. The number of benzene rings is 2. The quantitative estimate of drug-likeness (QED) is 0.543. The summed E-state index contributed by atoms with van der Waals surface area (Å²) < 4.78 is 17.3. The molecule has 9 heteroatoms. The Morgan fingerprint density at radius 3 is 2.67 bits per heavy atom. The summed E-state index contributed by atoms with van der Waals surface area (Å²) in [6.45, 7) is 1.04. The van der Waals surface area contributed by atoms with Crippen LogP contribution in [0.4, 0.5) is 10.5 Å². The number of hydrogen-bond donors (Lipinski definition) is 3. The van der Waals surface area contributed by atoms with Gasteiger partial charge in [0, 0.05) is 6.54 Å². The summed E-state index contributed by atoms with van der Waals surface area (Å²) in [5.74, 6) is 0.499. The third-order valence-corrected chi connectivity index (χ3v) is 6.58. The molecule has 0 spiro atoms. The Labute approximate surface area is 211 Å². The Morgan fingerprint density at radius 2 is 1.86 bits per heavy atom. The summed E-state index contributed by atoms with van der Waals surface area (Å²) in [6.07, 6.45) is 0.849. The van der Waals surface area contributed by atoms with Crippen LogP contribution in [0.1, 0.15) is 24.8 Å². The van der Waals surface area contributed by atoms with Gasteiger partial charge in [-0.25, -0.2) is 4.79 Å². The van der Waals surface area contributed by atoms with Crippen molar-refractivity contribution < 1.29 is 28.9 Å². The van der Waals surface area contributed by atoms with E-state index in [1.807, 2.05) is 42.5 Å². The van der Waals surface area contributed by atoms with E-state index in [-0.39, 0.29) is 50.3 Å². The average molecular weight is 498 g/mol. The first-order chi connectivity index (χ1) is 17.5. The number of methoxy groups -OCH3 is 1. The van der Waals surface area contributed by atoms with Crippen LogP contribution in [0.3, 0.4) is 0 Å². The van der Waals surface area contributed by atoms with Gasteiger partial charge in [-0.15, -0.1) is 0 Å². The maximum atomic E-state index is 13.3. The molecule has 0 saturated carbocycles. The molecule has 4 atom stereocenters. The Hall–Kier alpha value is -3.14. The number of para-hydroxylation sites is 2. The number of β-amino-alcohol motifs (C(OH)–C–C–N with tert-alkyl or cyclic N) is 1. The van der Waals surface area contributed by atoms with E-state index in [0.717, 1.165) is 6.42 Å². The summed E-state index contributed by atoms with van der Waals surface area (Å²) in [5, 5.41) is 16.2. The summed E-state index contributed by atoms with van der Waals surface area (Å²) in [7, 11) is 1.55. The number of carbonyl (C=O) groups is 2. The predicted molar refractivity (Wildman–Crippen MR) is 135 cm³/mol. The van der Waals surface area contributed by atoms with Crippen molar-refractivity contribution >= 4 is 17.6 Å². The lowest BCUT2D eigenvalue weighted by atomic mass is 9.95. The second-order valence-electron chi connectivity index (χ2n) is 9.20. The summed E-state index contributed by atoms with van der Waals surface area (Å²) >= 11 is 0. The molecular weight excluding hydrogens is 462 g/mol. The van der Waals surface area contributed by atoms with Crippen LogP contribution < -0.4 is 15.4 Å². The van der Waals surface area contributed by atoms with Gasteiger partial charge < -0.3 is 34.9 Å². The van der Waals surface area contributed by atoms with Gasteiger partial charge in [-0.3, -0.25) is 4.79 Å². The highest BCUT2D eigenvalue weighted by atomic mass is 16.5. The average Bonchev–Trinajstić information content (AvgIpc) is 2.87. The number of rotatable bonds is 7. The molecule has 0 unspecified atom stereocenters. The van der Waals surface area contributed by atoms with Gasteiger partial charge in [-0.05, 0) is 37.0 Å². The summed E-state index contributed by atoms with van der Waals surface area (Å²) in [4.78, 5) is 27.4. The summed E-state index contributed by atoms with van der Waals surface area (Å²) in [6, 6.07) is 16.6. The van der Waals surface area contributed by atoms with E-state index in [1.165, 1.54) is 5.56 Å². The highest BCUT2D eigenvalue weighted by Crippen LogP contribution is 2.29. The molecule has 2 aromatic rings. The van der Waals surface area contributed by atoms with Crippen LogP contribution in [0.15, 0.2) is 54.6 Å². The van der Waals surface area contributed by atoms with Crippen molar-refractivity contribution in [3.63, 3.8) is 0 Å². The standard InChI is InChI=1S/C27H35N3O6/c1-34-24-10-6-5-9-22(24)29-27(33)30-16-20(31)17-35-18-25-23(30)12-11-21(36-25)15-26(32)28-14-13-19-7-3-2-4-8-19/h2-10,20-21,23,25,31H,11-18H2,1H3,(H,28,32)(H,29,33)/t20-,21+,23-,25+/m0/s1. The Bertz CT molecular complexity index is 1000. The van der Waals surface area contributed by atoms with E-state index in [4.69, 9.17) is 14.2 Å². The Balaban J connectivity index is 1.34. The lowest BCUT2D eigenvalue weighted by Crippen LogP contribution is -2.58. The van der Waals surface area contributed by atoms with Gasteiger partial charge in [0.05, 0.1) is 57.2 Å². The maximum absolute atomic E-state index is 13.3. The van der Waals surface area contributed by atoms with E-state index < -0.39 is 12.2 Å². The van der Waals surface area contributed by atoms with Crippen LogP contribution in [-0.2, 0) is 20.7 Å². The van der Waals surface area contributed by atoms with Crippen LogP contribution in [0.25, 0.3) is 0 Å². The molecule has 2 aliphatic rings. The fourth-order valence-electron chi connectivity index (χ4n) is 4.78. The molecule has 2 saturated heterocycles. The highest BCUT2D eigenvalue weighted by molar-refractivity contribution is 5.91. The SMILES string of the molecule is COc1ccccc1NC(=O)N1C[C@H](O)COC[C@H]2O[C@@H](CC(=O)NCCc3ccccc3)CC[C@@H]21. The Kier molecular flexibility index (Phi) is 9.16. The first kappa shape index (κ1) is 25.9. The van der Waals surface area contributed by atoms with Gasteiger partial charge in [-0.1, -0.05) is 42.5 Å². The zero-order valence-electron chi connectivity index (χ0n) is 20.6. The van der Waals surface area contributed by atoms with Crippen molar-refractivity contribution in [2.75, 3.05) is 38.7 Å². The second-order valence-corrected chi connectivity index (χ2v) is 9.20. The smallest absolute Gasteiger partial charge is 0.322 e. The monoisotopic (exact) mass is 497 g/mol. The number of carbonyl (C=O) groups excluding carboxylic acids is 2. The first-order valence-electron chi connectivity index (χ1n) is 12.5. The molecule has 4 rings (SSSR count). The number of nitrogens with one attached hydrogen (secondary N) is 2. The first-order valence-corrected chi connectivity index (χ1v) is 12.5. The highest BCUT2D eigenvalue weighted by Gasteiger charge is 2.40. The molecule has 2 fully saturated rings. The number of urea groups is 1. The molecule has 3 N–H and O–H groups in total. The Morgan fingerprint density at radius 1 is 1.08 bits per heavy atom.